The molecule has 3 unspecified atom stereocenters. The standard InChI is InChI=1S/C15H32N2/c1-5-8-14(16-11-6-2)12-17-13(4)9-10-15(17)7-3/h13-16H,5-12H2,1-4H3. The van der Waals surface area contributed by atoms with Crippen molar-refractivity contribution < 1.29 is 0 Å². The maximum atomic E-state index is 3.72. The maximum Gasteiger partial charge on any atom is 0.0195 e. The third-order valence-electron chi connectivity index (χ3n) is 4.18. The van der Waals surface area contributed by atoms with E-state index in [9.17, 15) is 0 Å². The lowest BCUT2D eigenvalue weighted by Crippen LogP contribution is -2.45. The van der Waals surface area contributed by atoms with Crippen molar-refractivity contribution in [3.63, 3.8) is 0 Å². The number of hydrogen-bond acceptors (Lipinski definition) is 2. The minimum absolute atomic E-state index is 0.703. The van der Waals surface area contributed by atoms with E-state index in [-0.39, 0.29) is 0 Å². The summed E-state index contributed by atoms with van der Waals surface area (Å²) in [6, 6.07) is 2.34. The summed E-state index contributed by atoms with van der Waals surface area (Å²) in [6.45, 7) is 11.7. The number of likely N-dealkylation sites (tertiary alicyclic amines) is 1. The molecule has 0 amide bonds. The van der Waals surface area contributed by atoms with E-state index in [0.29, 0.717) is 6.04 Å². The van der Waals surface area contributed by atoms with Gasteiger partial charge in [-0.25, -0.2) is 0 Å². The summed E-state index contributed by atoms with van der Waals surface area (Å²) in [7, 11) is 0. The van der Waals surface area contributed by atoms with Gasteiger partial charge in [0.2, 0.25) is 0 Å². The van der Waals surface area contributed by atoms with Crippen LogP contribution in [0.5, 0.6) is 0 Å². The van der Waals surface area contributed by atoms with Gasteiger partial charge in [-0.1, -0.05) is 27.2 Å². The lowest BCUT2D eigenvalue weighted by atomic mass is 10.1. The third kappa shape index (κ3) is 4.59. The first-order chi connectivity index (χ1) is 8.22. The van der Waals surface area contributed by atoms with Crippen LogP contribution in [-0.4, -0.2) is 36.1 Å². The average Bonchev–Trinajstić information content (AvgIpc) is 2.68. The second-order valence-electron chi connectivity index (χ2n) is 5.62. The molecular formula is C15H32N2. The predicted octanol–water partition coefficient (Wildman–Crippen LogP) is 3.42. The first-order valence-corrected chi connectivity index (χ1v) is 7.71. The zero-order valence-electron chi connectivity index (χ0n) is 12.3. The van der Waals surface area contributed by atoms with Crippen molar-refractivity contribution in [3.05, 3.63) is 0 Å². The molecule has 0 saturated carbocycles. The van der Waals surface area contributed by atoms with Crippen molar-refractivity contribution >= 4 is 0 Å². The van der Waals surface area contributed by atoms with Crippen molar-refractivity contribution in [1.29, 1.82) is 0 Å². The first-order valence-electron chi connectivity index (χ1n) is 7.71. The molecule has 1 heterocycles. The molecule has 1 saturated heterocycles. The highest BCUT2D eigenvalue weighted by Gasteiger charge is 2.30. The van der Waals surface area contributed by atoms with E-state index in [1.165, 1.54) is 51.6 Å². The van der Waals surface area contributed by atoms with Crippen LogP contribution < -0.4 is 5.32 Å². The molecule has 1 aliphatic heterocycles. The molecule has 0 aliphatic carbocycles. The van der Waals surface area contributed by atoms with E-state index in [2.05, 4.69) is 37.9 Å². The second kappa shape index (κ2) is 8.10. The number of hydrogen-bond donors (Lipinski definition) is 1. The highest BCUT2D eigenvalue weighted by atomic mass is 15.2. The fraction of sp³-hybridized carbons (Fsp3) is 1.00. The van der Waals surface area contributed by atoms with Crippen LogP contribution in [0.3, 0.4) is 0 Å². The maximum absolute atomic E-state index is 3.72. The second-order valence-corrected chi connectivity index (χ2v) is 5.62. The van der Waals surface area contributed by atoms with Gasteiger partial charge in [-0.15, -0.1) is 0 Å². The van der Waals surface area contributed by atoms with Crippen LogP contribution >= 0.6 is 0 Å². The number of nitrogens with zero attached hydrogens (tertiary/aromatic N) is 1. The third-order valence-corrected chi connectivity index (χ3v) is 4.18. The summed E-state index contributed by atoms with van der Waals surface area (Å²) in [5.41, 5.74) is 0. The van der Waals surface area contributed by atoms with Crippen molar-refractivity contribution in [1.82, 2.24) is 10.2 Å². The monoisotopic (exact) mass is 240 g/mol. The topological polar surface area (TPSA) is 15.3 Å². The van der Waals surface area contributed by atoms with E-state index in [1.807, 2.05) is 0 Å². The molecule has 1 N–H and O–H groups in total. The Morgan fingerprint density at radius 1 is 1.18 bits per heavy atom. The van der Waals surface area contributed by atoms with Gasteiger partial charge < -0.3 is 5.32 Å². The lowest BCUT2D eigenvalue weighted by Gasteiger charge is -2.32. The van der Waals surface area contributed by atoms with Crippen molar-refractivity contribution in [2.45, 2.75) is 84.3 Å². The minimum Gasteiger partial charge on any atom is -0.313 e. The molecule has 0 aromatic rings. The van der Waals surface area contributed by atoms with E-state index in [1.54, 1.807) is 0 Å². The largest absolute Gasteiger partial charge is 0.313 e. The molecule has 1 fully saturated rings. The fourth-order valence-electron chi connectivity index (χ4n) is 3.10. The minimum atomic E-state index is 0.703. The fourth-order valence-corrected chi connectivity index (χ4v) is 3.10. The van der Waals surface area contributed by atoms with E-state index < -0.39 is 0 Å². The zero-order valence-corrected chi connectivity index (χ0v) is 12.3. The summed E-state index contributed by atoms with van der Waals surface area (Å²) in [4.78, 5) is 2.75. The van der Waals surface area contributed by atoms with Crippen LogP contribution in [0.1, 0.15) is 66.2 Å². The summed E-state index contributed by atoms with van der Waals surface area (Å²) >= 11 is 0. The van der Waals surface area contributed by atoms with Gasteiger partial charge in [0.05, 0.1) is 0 Å². The van der Waals surface area contributed by atoms with Gasteiger partial charge in [0, 0.05) is 24.7 Å². The Morgan fingerprint density at radius 3 is 2.53 bits per heavy atom. The van der Waals surface area contributed by atoms with Crippen LogP contribution in [0.2, 0.25) is 0 Å². The molecule has 3 atom stereocenters. The zero-order chi connectivity index (χ0) is 12.7. The van der Waals surface area contributed by atoms with Gasteiger partial charge in [-0.3, -0.25) is 4.90 Å². The molecule has 0 aromatic carbocycles. The van der Waals surface area contributed by atoms with Crippen LogP contribution in [0.25, 0.3) is 0 Å². The first kappa shape index (κ1) is 15.0. The van der Waals surface area contributed by atoms with Crippen LogP contribution in [0.4, 0.5) is 0 Å². The molecule has 2 heteroatoms. The Hall–Kier alpha value is -0.0800. The number of nitrogens with one attached hydrogen (secondary N) is 1. The van der Waals surface area contributed by atoms with Crippen LogP contribution in [-0.2, 0) is 0 Å². The molecule has 102 valence electrons. The van der Waals surface area contributed by atoms with Crippen LogP contribution in [0.15, 0.2) is 0 Å². The van der Waals surface area contributed by atoms with Gasteiger partial charge >= 0.3 is 0 Å². The van der Waals surface area contributed by atoms with E-state index in [0.717, 1.165) is 12.1 Å². The lowest BCUT2D eigenvalue weighted by molar-refractivity contribution is 0.173. The molecule has 0 radical (unpaired) electrons. The Kier molecular flexibility index (Phi) is 7.14. The average molecular weight is 240 g/mol. The molecule has 17 heavy (non-hydrogen) atoms. The SMILES string of the molecule is CCCNC(CCC)CN1C(C)CCC1CC. The highest BCUT2D eigenvalue weighted by Crippen LogP contribution is 2.26. The van der Waals surface area contributed by atoms with Gasteiger partial charge in [-0.2, -0.15) is 0 Å². The number of rotatable bonds is 8. The normalized spacial score (nSPS) is 27.5. The molecule has 0 spiro atoms. The molecular weight excluding hydrogens is 208 g/mol. The van der Waals surface area contributed by atoms with Gasteiger partial charge in [0.1, 0.15) is 0 Å². The smallest absolute Gasteiger partial charge is 0.0195 e. The van der Waals surface area contributed by atoms with Crippen molar-refractivity contribution in [3.8, 4) is 0 Å². The molecule has 1 rings (SSSR count). The molecule has 2 nitrogen and oxygen atoms in total. The molecule has 0 bridgehead atoms. The Bertz CT molecular complexity index is 193. The summed E-state index contributed by atoms with van der Waals surface area (Å²) < 4.78 is 0. The van der Waals surface area contributed by atoms with Gasteiger partial charge in [0.25, 0.3) is 0 Å². The Balaban J connectivity index is 2.45. The van der Waals surface area contributed by atoms with E-state index in [4.69, 9.17) is 0 Å². The summed E-state index contributed by atoms with van der Waals surface area (Å²) in [5.74, 6) is 0. The Morgan fingerprint density at radius 2 is 1.94 bits per heavy atom. The van der Waals surface area contributed by atoms with Gasteiger partial charge in [0.15, 0.2) is 0 Å². The molecule has 0 aromatic heterocycles. The molecule has 1 aliphatic rings. The highest BCUT2D eigenvalue weighted by molar-refractivity contribution is 4.87. The van der Waals surface area contributed by atoms with Crippen molar-refractivity contribution in [2.24, 2.45) is 0 Å². The van der Waals surface area contributed by atoms with Crippen LogP contribution in [0, 0.1) is 0 Å². The van der Waals surface area contributed by atoms with E-state index >= 15 is 0 Å². The quantitative estimate of drug-likeness (QED) is 0.699. The summed E-state index contributed by atoms with van der Waals surface area (Å²) in [5, 5.41) is 3.72. The van der Waals surface area contributed by atoms with Crippen molar-refractivity contribution in [2.75, 3.05) is 13.1 Å². The predicted molar refractivity (Wildman–Crippen MR) is 76.5 cm³/mol. The van der Waals surface area contributed by atoms with Gasteiger partial charge in [-0.05, 0) is 45.6 Å². The Labute approximate surface area is 108 Å². The summed E-state index contributed by atoms with van der Waals surface area (Å²) in [6.07, 6.45) is 7.97.